The third kappa shape index (κ3) is 4.94. The van der Waals surface area contributed by atoms with E-state index in [4.69, 9.17) is 0 Å². The smallest absolute Gasteiger partial charge is 0.267 e. The van der Waals surface area contributed by atoms with E-state index >= 15 is 0 Å². The summed E-state index contributed by atoms with van der Waals surface area (Å²) >= 11 is 1.09. The molecule has 1 aliphatic heterocycles. The lowest BCUT2D eigenvalue weighted by molar-refractivity contribution is 0.220. The van der Waals surface area contributed by atoms with E-state index in [1.165, 1.54) is 20.8 Å². The lowest BCUT2D eigenvalue weighted by atomic mass is 9.93. The largest absolute Gasteiger partial charge is 0.309 e. The summed E-state index contributed by atoms with van der Waals surface area (Å²) in [5, 5.41) is 3.61. The third-order valence-electron chi connectivity index (χ3n) is 5.04. The van der Waals surface area contributed by atoms with Gasteiger partial charge in [0.15, 0.2) is 0 Å². The first-order valence-electron chi connectivity index (χ1n) is 9.74. The van der Waals surface area contributed by atoms with E-state index in [1.54, 1.807) is 29.1 Å². The van der Waals surface area contributed by atoms with Crippen LogP contribution in [0, 0.1) is 0 Å². The Kier molecular flexibility index (Phi) is 5.61. The van der Waals surface area contributed by atoms with Crippen LogP contribution in [-0.4, -0.2) is 21.2 Å². The van der Waals surface area contributed by atoms with E-state index in [0.29, 0.717) is 17.7 Å². The zero-order valence-electron chi connectivity index (χ0n) is 17.4. The SMILES string of the molecule is CC(C)(F)c1ccc(Cn2cc3cc(/C=C4/C=NC(=O)S4)ccc3n2)c(C(C)(F)P)c1. The first kappa shape index (κ1) is 21.8. The van der Waals surface area contributed by atoms with Gasteiger partial charge in [-0.3, -0.25) is 9.48 Å². The molecular weight excluding hydrogens is 435 g/mol. The molecule has 2 aromatic carbocycles. The molecule has 4 rings (SSSR count). The van der Waals surface area contributed by atoms with Crippen LogP contribution in [0.15, 0.2) is 52.5 Å². The summed E-state index contributed by atoms with van der Waals surface area (Å²) in [6.07, 6.45) is 5.35. The molecule has 8 heteroatoms. The molecule has 0 spiro atoms. The number of hydrogen-bond donors (Lipinski definition) is 0. The molecule has 2 heterocycles. The number of rotatable bonds is 5. The Morgan fingerprint density at radius 3 is 2.58 bits per heavy atom. The maximum Gasteiger partial charge on any atom is 0.309 e. The molecule has 0 bridgehead atoms. The van der Waals surface area contributed by atoms with Gasteiger partial charge >= 0.3 is 5.24 Å². The summed E-state index contributed by atoms with van der Waals surface area (Å²) < 4.78 is 31.1. The van der Waals surface area contributed by atoms with Gasteiger partial charge in [-0.05, 0) is 79.1 Å². The van der Waals surface area contributed by atoms with Crippen LogP contribution in [0.4, 0.5) is 13.6 Å². The number of aromatic nitrogens is 2. The highest BCUT2D eigenvalue weighted by Gasteiger charge is 2.27. The summed E-state index contributed by atoms with van der Waals surface area (Å²) in [5.74, 6) is 0. The maximum absolute atomic E-state index is 14.9. The molecule has 2 atom stereocenters. The molecule has 1 amide bonds. The number of carbonyl (C=O) groups is 1. The van der Waals surface area contributed by atoms with E-state index < -0.39 is 11.1 Å². The van der Waals surface area contributed by atoms with E-state index in [0.717, 1.165) is 38.7 Å². The molecule has 0 saturated carbocycles. The highest BCUT2D eigenvalue weighted by atomic mass is 32.2. The van der Waals surface area contributed by atoms with E-state index in [1.807, 2.05) is 30.5 Å². The molecular formula is C23H22F2N3OPS. The summed E-state index contributed by atoms with van der Waals surface area (Å²) in [6.45, 7) is 4.73. The molecule has 0 radical (unpaired) electrons. The first-order valence-corrected chi connectivity index (χ1v) is 11.1. The van der Waals surface area contributed by atoms with Gasteiger partial charge in [-0.1, -0.05) is 27.4 Å². The summed E-state index contributed by atoms with van der Waals surface area (Å²) in [7, 11) is 2.19. The topological polar surface area (TPSA) is 47.2 Å². The van der Waals surface area contributed by atoms with Crippen molar-refractivity contribution in [3.8, 4) is 0 Å². The normalized spacial score (nSPS) is 17.6. The van der Waals surface area contributed by atoms with Crippen molar-refractivity contribution in [1.82, 2.24) is 9.78 Å². The fraction of sp³-hybridized carbons (Fsp3) is 0.261. The van der Waals surface area contributed by atoms with E-state index in [9.17, 15) is 13.6 Å². The van der Waals surface area contributed by atoms with E-state index in [2.05, 4.69) is 19.3 Å². The fourth-order valence-electron chi connectivity index (χ4n) is 3.48. The standard InChI is InChI=1S/C23H22F2N3OPS/c1-22(2,24)17-6-5-15(19(10-17)23(3,25)30)12-28-13-16-8-14(4-7-20(16)27-28)9-18-11-26-21(29)31-18/h4-11,13H,12,30H2,1-3H3/b18-9-. The molecule has 31 heavy (non-hydrogen) atoms. The number of thioether (sulfide) groups is 1. The number of fused-ring (bicyclic) bond motifs is 1. The lowest BCUT2D eigenvalue weighted by Gasteiger charge is -2.23. The van der Waals surface area contributed by atoms with Crippen LogP contribution in [0.25, 0.3) is 17.0 Å². The van der Waals surface area contributed by atoms with Gasteiger partial charge in [0, 0.05) is 22.7 Å². The zero-order valence-corrected chi connectivity index (χ0v) is 19.4. The first-order chi connectivity index (χ1) is 14.5. The highest BCUT2D eigenvalue weighted by Crippen LogP contribution is 2.38. The number of aliphatic imine (C=N–C) groups is 1. The van der Waals surface area contributed by atoms with Gasteiger partial charge in [0.2, 0.25) is 0 Å². The molecule has 0 N–H and O–H groups in total. The van der Waals surface area contributed by atoms with Crippen LogP contribution in [0.3, 0.4) is 0 Å². The molecule has 0 aliphatic carbocycles. The van der Waals surface area contributed by atoms with Crippen molar-refractivity contribution >= 4 is 49.4 Å². The van der Waals surface area contributed by atoms with Crippen LogP contribution >= 0.6 is 21.0 Å². The molecule has 0 saturated heterocycles. The summed E-state index contributed by atoms with van der Waals surface area (Å²) in [6, 6.07) is 10.9. The Bertz CT molecular complexity index is 1240. The van der Waals surface area contributed by atoms with Gasteiger partial charge in [-0.25, -0.2) is 13.8 Å². The molecule has 160 valence electrons. The summed E-state index contributed by atoms with van der Waals surface area (Å²) in [4.78, 5) is 15.8. The van der Waals surface area contributed by atoms with Crippen molar-refractivity contribution in [2.45, 2.75) is 38.4 Å². The van der Waals surface area contributed by atoms with Crippen LogP contribution in [0.2, 0.25) is 0 Å². The van der Waals surface area contributed by atoms with Crippen molar-refractivity contribution in [3.63, 3.8) is 0 Å². The fourth-order valence-corrected chi connectivity index (χ4v) is 4.36. The van der Waals surface area contributed by atoms with Gasteiger partial charge in [-0.2, -0.15) is 5.10 Å². The van der Waals surface area contributed by atoms with Crippen LogP contribution in [0.1, 0.15) is 43.0 Å². The van der Waals surface area contributed by atoms with Crippen LogP contribution in [-0.2, 0) is 17.6 Å². The molecule has 1 aliphatic rings. The van der Waals surface area contributed by atoms with Gasteiger partial charge in [0.1, 0.15) is 11.1 Å². The van der Waals surface area contributed by atoms with Crippen molar-refractivity contribution in [2.75, 3.05) is 0 Å². The summed E-state index contributed by atoms with van der Waals surface area (Å²) in [5.41, 5.74) is 1.79. The number of hydrogen-bond acceptors (Lipinski definition) is 3. The van der Waals surface area contributed by atoms with Crippen molar-refractivity contribution in [3.05, 3.63) is 69.8 Å². The molecule has 0 fully saturated rings. The average Bonchev–Trinajstić information content (AvgIpc) is 3.25. The monoisotopic (exact) mass is 457 g/mol. The minimum atomic E-state index is -1.69. The Balaban J connectivity index is 1.66. The van der Waals surface area contributed by atoms with Gasteiger partial charge < -0.3 is 0 Å². The Morgan fingerprint density at radius 2 is 1.94 bits per heavy atom. The van der Waals surface area contributed by atoms with Gasteiger partial charge in [0.05, 0.1) is 12.1 Å². The molecule has 4 nitrogen and oxygen atoms in total. The number of alkyl halides is 2. The van der Waals surface area contributed by atoms with E-state index in [-0.39, 0.29) is 5.24 Å². The van der Waals surface area contributed by atoms with Crippen molar-refractivity contribution in [1.29, 1.82) is 0 Å². The van der Waals surface area contributed by atoms with Crippen LogP contribution in [0.5, 0.6) is 0 Å². The van der Waals surface area contributed by atoms with Crippen LogP contribution < -0.4 is 0 Å². The second-order valence-electron chi connectivity index (χ2n) is 8.24. The Morgan fingerprint density at radius 1 is 1.16 bits per heavy atom. The average molecular weight is 457 g/mol. The van der Waals surface area contributed by atoms with Crippen molar-refractivity contribution in [2.24, 2.45) is 4.99 Å². The second-order valence-corrected chi connectivity index (χ2v) is 10.3. The van der Waals surface area contributed by atoms with Gasteiger partial charge in [-0.15, -0.1) is 0 Å². The quantitative estimate of drug-likeness (QED) is 0.406. The zero-order chi connectivity index (χ0) is 22.4. The Hall–Kier alpha value is -2.37. The maximum atomic E-state index is 14.9. The van der Waals surface area contributed by atoms with Crippen molar-refractivity contribution < 1.29 is 13.6 Å². The number of nitrogens with zero attached hydrogens (tertiary/aromatic N) is 3. The van der Waals surface area contributed by atoms with Gasteiger partial charge in [0.25, 0.3) is 0 Å². The second kappa shape index (κ2) is 7.95. The number of benzene rings is 2. The number of amides is 1. The predicted molar refractivity (Wildman–Crippen MR) is 127 cm³/mol. The molecule has 2 unspecified atom stereocenters. The predicted octanol–water partition coefficient (Wildman–Crippen LogP) is 6.59. The number of allylic oxidation sites excluding steroid dienone is 1. The molecule has 3 aromatic rings. The highest BCUT2D eigenvalue weighted by molar-refractivity contribution is 8.18. The third-order valence-corrected chi connectivity index (χ3v) is 6.09. The minimum absolute atomic E-state index is 0.216. The Labute approximate surface area is 186 Å². The molecule has 1 aromatic heterocycles. The lowest BCUT2D eigenvalue weighted by Crippen LogP contribution is -2.16. The number of carbonyl (C=O) groups excluding carboxylic acids is 1. The minimum Gasteiger partial charge on any atom is -0.267 e. The number of halogens is 2.